The Morgan fingerprint density at radius 1 is 1.17 bits per heavy atom. The van der Waals surface area contributed by atoms with Crippen LogP contribution < -0.4 is 5.73 Å². The number of hydrogen-bond acceptors (Lipinski definition) is 1. The molecule has 1 aromatic rings. The summed E-state index contributed by atoms with van der Waals surface area (Å²) in [7, 11) is 0. The lowest BCUT2D eigenvalue weighted by molar-refractivity contribution is 0.963. The Bertz CT molecular complexity index is 240. The lowest BCUT2D eigenvalue weighted by Gasteiger charge is -1.91. The van der Waals surface area contributed by atoms with Crippen LogP contribution in [-0.2, 0) is 6.42 Å². The standard InChI is InChI=1S/C10H14N2/c11-7-6-10-5-3-1-2-4-8-12-9-10/h1-5,8-9,12H,6-7,11H2. The molecule has 2 heteroatoms. The highest BCUT2D eigenvalue weighted by Gasteiger charge is 1.83. The third-order valence-electron chi connectivity index (χ3n) is 1.54. The van der Waals surface area contributed by atoms with Crippen LogP contribution in [-0.4, -0.2) is 11.5 Å². The Morgan fingerprint density at radius 3 is 2.83 bits per heavy atom. The van der Waals surface area contributed by atoms with Crippen molar-refractivity contribution in [3.05, 3.63) is 48.3 Å². The van der Waals surface area contributed by atoms with Gasteiger partial charge in [-0.2, -0.15) is 0 Å². The molecule has 1 aromatic heterocycles. The molecule has 0 saturated carbocycles. The molecule has 0 atom stereocenters. The zero-order valence-electron chi connectivity index (χ0n) is 7.03. The first-order valence-corrected chi connectivity index (χ1v) is 4.08. The van der Waals surface area contributed by atoms with Gasteiger partial charge in [0.25, 0.3) is 0 Å². The first kappa shape index (κ1) is 8.81. The molecular formula is C10H14N2. The normalized spacial score (nSPS) is 9.08. The van der Waals surface area contributed by atoms with Crippen LogP contribution in [0.2, 0.25) is 0 Å². The van der Waals surface area contributed by atoms with Gasteiger partial charge in [-0.05, 0) is 24.6 Å². The first-order chi connectivity index (χ1) is 5.93. The molecule has 0 aliphatic rings. The molecule has 0 aromatic carbocycles. The van der Waals surface area contributed by atoms with Crippen LogP contribution in [0.4, 0.5) is 0 Å². The van der Waals surface area contributed by atoms with Crippen LogP contribution in [0.25, 0.3) is 0 Å². The maximum Gasteiger partial charge on any atom is 0.00372 e. The van der Waals surface area contributed by atoms with Crippen molar-refractivity contribution in [3.63, 3.8) is 0 Å². The second-order valence-electron chi connectivity index (χ2n) is 2.53. The maximum atomic E-state index is 5.45. The summed E-state index contributed by atoms with van der Waals surface area (Å²) >= 11 is 0. The average Bonchev–Trinajstić information content (AvgIpc) is 2.19. The number of aromatic amines is 1. The summed E-state index contributed by atoms with van der Waals surface area (Å²) in [6.07, 6.45) is 4.76. The zero-order valence-corrected chi connectivity index (χ0v) is 7.03. The first-order valence-electron chi connectivity index (χ1n) is 4.08. The van der Waals surface area contributed by atoms with Crippen molar-refractivity contribution in [1.29, 1.82) is 0 Å². The third kappa shape index (κ3) is 3.21. The molecule has 0 saturated heterocycles. The molecule has 12 heavy (non-hydrogen) atoms. The molecule has 0 bridgehead atoms. The molecule has 0 amide bonds. The van der Waals surface area contributed by atoms with Crippen molar-refractivity contribution in [1.82, 2.24) is 4.98 Å². The Kier molecular flexibility index (Phi) is 3.95. The van der Waals surface area contributed by atoms with E-state index in [-0.39, 0.29) is 0 Å². The minimum atomic E-state index is 0.686. The minimum absolute atomic E-state index is 0.686. The third-order valence-corrected chi connectivity index (χ3v) is 1.54. The largest absolute Gasteiger partial charge is 0.367 e. The number of rotatable bonds is 2. The van der Waals surface area contributed by atoms with Crippen molar-refractivity contribution in [3.8, 4) is 0 Å². The molecule has 2 nitrogen and oxygen atoms in total. The second kappa shape index (κ2) is 5.38. The molecule has 0 aliphatic heterocycles. The molecular weight excluding hydrogens is 148 g/mol. The monoisotopic (exact) mass is 162 g/mol. The van der Waals surface area contributed by atoms with Crippen molar-refractivity contribution in [2.45, 2.75) is 6.42 Å². The lowest BCUT2D eigenvalue weighted by Crippen LogP contribution is -2.01. The Hall–Kier alpha value is -1.28. The summed E-state index contributed by atoms with van der Waals surface area (Å²) < 4.78 is 0. The highest BCUT2D eigenvalue weighted by Crippen LogP contribution is 1.92. The van der Waals surface area contributed by atoms with Gasteiger partial charge in [0.2, 0.25) is 0 Å². The summed E-state index contributed by atoms with van der Waals surface area (Å²) in [6.45, 7) is 0.686. The smallest absolute Gasteiger partial charge is 0.00372 e. The fourth-order valence-electron chi connectivity index (χ4n) is 0.944. The molecule has 0 radical (unpaired) electrons. The predicted molar refractivity (Wildman–Crippen MR) is 51.2 cm³/mol. The van der Waals surface area contributed by atoms with Crippen LogP contribution in [0.1, 0.15) is 5.56 Å². The van der Waals surface area contributed by atoms with E-state index in [1.807, 2.05) is 36.7 Å². The fourth-order valence-corrected chi connectivity index (χ4v) is 0.944. The van der Waals surface area contributed by atoms with E-state index < -0.39 is 0 Å². The summed E-state index contributed by atoms with van der Waals surface area (Å²) in [6, 6.07) is 9.99. The van der Waals surface area contributed by atoms with E-state index in [4.69, 9.17) is 5.73 Å². The van der Waals surface area contributed by atoms with Crippen molar-refractivity contribution in [2.24, 2.45) is 5.73 Å². The Morgan fingerprint density at radius 2 is 2.00 bits per heavy atom. The molecule has 0 fully saturated rings. The molecule has 1 heterocycles. The number of hydrogen-bond donors (Lipinski definition) is 2. The summed E-state index contributed by atoms with van der Waals surface area (Å²) in [5.74, 6) is 0. The average molecular weight is 162 g/mol. The number of nitrogens with two attached hydrogens (primary N) is 1. The number of nitrogens with one attached hydrogen (secondary N) is 1. The van der Waals surface area contributed by atoms with Gasteiger partial charge in [0.1, 0.15) is 0 Å². The van der Waals surface area contributed by atoms with Crippen molar-refractivity contribution in [2.75, 3.05) is 6.54 Å². The molecule has 3 N–H and O–H groups in total. The van der Waals surface area contributed by atoms with Crippen LogP contribution >= 0.6 is 0 Å². The van der Waals surface area contributed by atoms with Gasteiger partial charge in [0.05, 0.1) is 0 Å². The predicted octanol–water partition coefficient (Wildman–Crippen LogP) is 1.64. The fraction of sp³-hybridized carbons (Fsp3) is 0.200. The van der Waals surface area contributed by atoms with Crippen molar-refractivity contribution >= 4 is 0 Å². The molecule has 64 valence electrons. The van der Waals surface area contributed by atoms with Crippen molar-refractivity contribution < 1.29 is 0 Å². The summed E-state index contributed by atoms with van der Waals surface area (Å²) in [5, 5.41) is 0. The van der Waals surface area contributed by atoms with E-state index in [0.29, 0.717) is 6.54 Å². The topological polar surface area (TPSA) is 41.8 Å². The van der Waals surface area contributed by atoms with Gasteiger partial charge < -0.3 is 10.7 Å². The maximum absolute atomic E-state index is 5.45. The van der Waals surface area contributed by atoms with E-state index >= 15 is 0 Å². The molecule has 0 aliphatic carbocycles. The van der Waals surface area contributed by atoms with E-state index in [2.05, 4.69) is 11.1 Å². The Balaban J connectivity index is 2.93. The van der Waals surface area contributed by atoms with Crippen LogP contribution in [0.15, 0.2) is 42.7 Å². The molecule has 0 unspecified atom stereocenters. The van der Waals surface area contributed by atoms with Gasteiger partial charge in [0, 0.05) is 12.4 Å². The van der Waals surface area contributed by atoms with E-state index in [9.17, 15) is 0 Å². The van der Waals surface area contributed by atoms with E-state index in [1.165, 1.54) is 5.56 Å². The van der Waals surface area contributed by atoms with Gasteiger partial charge in [-0.15, -0.1) is 0 Å². The summed E-state index contributed by atoms with van der Waals surface area (Å²) in [4.78, 5) is 3.06. The van der Waals surface area contributed by atoms with Gasteiger partial charge in [-0.3, -0.25) is 0 Å². The zero-order chi connectivity index (χ0) is 8.65. The van der Waals surface area contributed by atoms with Crippen LogP contribution in [0.3, 0.4) is 0 Å². The van der Waals surface area contributed by atoms with E-state index in [1.54, 1.807) is 0 Å². The van der Waals surface area contributed by atoms with Gasteiger partial charge in [-0.25, -0.2) is 0 Å². The lowest BCUT2D eigenvalue weighted by atomic mass is 10.2. The quantitative estimate of drug-likeness (QED) is 0.682. The summed E-state index contributed by atoms with van der Waals surface area (Å²) in [5.41, 5.74) is 6.67. The highest BCUT2D eigenvalue weighted by atomic mass is 14.6. The highest BCUT2D eigenvalue weighted by molar-refractivity contribution is 5.08. The van der Waals surface area contributed by atoms with E-state index in [0.717, 1.165) is 6.42 Å². The minimum Gasteiger partial charge on any atom is -0.367 e. The van der Waals surface area contributed by atoms with Crippen LogP contribution in [0.5, 0.6) is 0 Å². The number of aromatic nitrogens is 1. The van der Waals surface area contributed by atoms with Crippen LogP contribution in [0, 0.1) is 0 Å². The van der Waals surface area contributed by atoms with Gasteiger partial charge in [0.15, 0.2) is 0 Å². The molecule has 1 rings (SSSR count). The molecule has 0 spiro atoms. The van der Waals surface area contributed by atoms with Gasteiger partial charge >= 0.3 is 0 Å². The van der Waals surface area contributed by atoms with Gasteiger partial charge in [-0.1, -0.05) is 24.3 Å². The second-order valence-corrected chi connectivity index (χ2v) is 2.53. The SMILES string of the molecule is NCCc1cccccc[nH]c1. The Labute approximate surface area is 72.8 Å². The number of H-pyrrole nitrogens is 1.